The third kappa shape index (κ3) is 4.08. The molecule has 0 bridgehead atoms. The number of pyridine rings is 1. The number of hydrogen-bond donors (Lipinski definition) is 1. The number of ether oxygens (including phenoxy) is 1. The number of nitrogens with one attached hydrogen (secondary N) is 1. The molecule has 1 aromatic carbocycles. The molecule has 0 radical (unpaired) electrons. The fraction of sp³-hybridized carbons (Fsp3) is 0.182. The third-order valence-electron chi connectivity index (χ3n) is 4.67. The number of allylic oxidation sites excluding steroid dienone is 3. The van der Waals surface area contributed by atoms with Gasteiger partial charge in [0.05, 0.1) is 16.2 Å². The van der Waals surface area contributed by atoms with Gasteiger partial charge in [-0.25, -0.2) is 4.79 Å². The van der Waals surface area contributed by atoms with Crippen LogP contribution in [0.1, 0.15) is 31.0 Å². The van der Waals surface area contributed by atoms with E-state index in [-0.39, 0.29) is 12.3 Å². The number of esters is 1. The summed E-state index contributed by atoms with van der Waals surface area (Å²) in [5.41, 5.74) is 3.85. The Hall–Kier alpha value is -3.74. The van der Waals surface area contributed by atoms with E-state index in [9.17, 15) is 14.9 Å². The predicted molar refractivity (Wildman–Crippen MR) is 110 cm³/mol. The number of nitrogens with zero attached hydrogens (tertiary/aromatic N) is 2. The maximum Gasteiger partial charge on any atom is 0.337 e. The molecular formula is C22H21N3O4. The second-order valence-corrected chi connectivity index (χ2v) is 6.59. The van der Waals surface area contributed by atoms with Crippen molar-refractivity contribution < 1.29 is 14.5 Å². The summed E-state index contributed by atoms with van der Waals surface area (Å²) < 4.78 is 5.32. The number of hydrogen-bond acceptors (Lipinski definition) is 6. The van der Waals surface area contributed by atoms with Gasteiger partial charge in [0.15, 0.2) is 0 Å². The highest BCUT2D eigenvalue weighted by Crippen LogP contribution is 2.43. The van der Waals surface area contributed by atoms with E-state index in [0.29, 0.717) is 22.5 Å². The first kappa shape index (κ1) is 20.0. The van der Waals surface area contributed by atoms with Crippen molar-refractivity contribution in [3.63, 3.8) is 0 Å². The van der Waals surface area contributed by atoms with Gasteiger partial charge in [-0.15, -0.1) is 0 Å². The van der Waals surface area contributed by atoms with Crippen molar-refractivity contribution in [2.24, 2.45) is 0 Å². The number of rotatable bonds is 6. The lowest BCUT2D eigenvalue weighted by Crippen LogP contribution is -2.29. The first-order valence-electron chi connectivity index (χ1n) is 9.06. The monoisotopic (exact) mass is 391 g/mol. The van der Waals surface area contributed by atoms with Crippen LogP contribution in [0, 0.1) is 10.1 Å². The van der Waals surface area contributed by atoms with E-state index in [1.807, 2.05) is 19.1 Å². The molecule has 0 aliphatic carbocycles. The van der Waals surface area contributed by atoms with E-state index in [4.69, 9.17) is 4.74 Å². The van der Waals surface area contributed by atoms with E-state index >= 15 is 0 Å². The molecule has 0 amide bonds. The molecule has 7 heteroatoms. The Kier molecular flexibility index (Phi) is 5.87. The standard InChI is InChI=1S/C22H21N3O4/c1-4-12-29-22(26)20-15(3)24-14(2)19(18-10-5-6-11-23-18)21(20)16-8-7-9-17(13-16)25(27)28/h4-11,13,21,24H,1,12H2,2-3H3. The lowest BCUT2D eigenvalue weighted by atomic mass is 9.79. The zero-order chi connectivity index (χ0) is 21.0. The van der Waals surface area contributed by atoms with E-state index in [1.165, 1.54) is 18.2 Å². The minimum Gasteiger partial charge on any atom is -0.458 e. The zero-order valence-corrected chi connectivity index (χ0v) is 16.2. The lowest BCUT2D eigenvalue weighted by Gasteiger charge is -2.31. The van der Waals surface area contributed by atoms with Gasteiger partial charge in [0.25, 0.3) is 5.69 Å². The highest BCUT2D eigenvalue weighted by Gasteiger charge is 2.35. The highest BCUT2D eigenvalue weighted by atomic mass is 16.6. The summed E-state index contributed by atoms with van der Waals surface area (Å²) in [5.74, 6) is -1.07. The van der Waals surface area contributed by atoms with Crippen LogP contribution in [0.2, 0.25) is 0 Å². The fourth-order valence-corrected chi connectivity index (χ4v) is 3.49. The number of nitro groups is 1. The molecule has 1 unspecified atom stereocenters. The van der Waals surface area contributed by atoms with Gasteiger partial charge in [0.2, 0.25) is 0 Å². The summed E-state index contributed by atoms with van der Waals surface area (Å²) in [6.07, 6.45) is 3.16. The van der Waals surface area contributed by atoms with Crippen LogP contribution in [0.25, 0.3) is 5.57 Å². The summed E-state index contributed by atoms with van der Waals surface area (Å²) in [6, 6.07) is 11.8. The van der Waals surface area contributed by atoms with Crippen LogP contribution in [0.15, 0.2) is 78.3 Å². The maximum absolute atomic E-state index is 12.9. The Morgan fingerprint density at radius 1 is 1.28 bits per heavy atom. The van der Waals surface area contributed by atoms with Crippen LogP contribution in [0.5, 0.6) is 0 Å². The summed E-state index contributed by atoms with van der Waals surface area (Å²) >= 11 is 0. The van der Waals surface area contributed by atoms with Crippen LogP contribution in [-0.4, -0.2) is 22.5 Å². The molecule has 3 rings (SSSR count). The molecule has 0 fully saturated rings. The summed E-state index contributed by atoms with van der Waals surface area (Å²) in [7, 11) is 0. The van der Waals surface area contributed by atoms with Crippen LogP contribution in [0.4, 0.5) is 5.69 Å². The van der Waals surface area contributed by atoms with Gasteiger partial charge in [-0.2, -0.15) is 0 Å². The second-order valence-electron chi connectivity index (χ2n) is 6.59. The number of aromatic nitrogens is 1. The maximum atomic E-state index is 12.9. The average molecular weight is 391 g/mol. The Balaban J connectivity index is 2.21. The molecule has 2 aromatic rings. The van der Waals surface area contributed by atoms with Crippen molar-refractivity contribution in [3.8, 4) is 0 Å². The predicted octanol–water partition coefficient (Wildman–Crippen LogP) is 4.11. The van der Waals surface area contributed by atoms with Gasteiger partial charge in [0.1, 0.15) is 6.61 Å². The quantitative estimate of drug-likeness (QED) is 0.345. The normalized spacial score (nSPS) is 16.3. The van der Waals surface area contributed by atoms with Crippen molar-refractivity contribution in [3.05, 3.63) is 99.7 Å². The molecule has 2 heterocycles. The minimum atomic E-state index is -0.566. The first-order chi connectivity index (χ1) is 13.9. The van der Waals surface area contributed by atoms with Gasteiger partial charge in [-0.05, 0) is 31.5 Å². The van der Waals surface area contributed by atoms with Gasteiger partial charge in [0, 0.05) is 41.2 Å². The lowest BCUT2D eigenvalue weighted by molar-refractivity contribution is -0.384. The molecule has 1 aliphatic heterocycles. The Bertz CT molecular complexity index is 1030. The summed E-state index contributed by atoms with van der Waals surface area (Å²) in [4.78, 5) is 28.2. The van der Waals surface area contributed by atoms with Crippen molar-refractivity contribution in [1.82, 2.24) is 10.3 Å². The highest BCUT2D eigenvalue weighted by molar-refractivity contribution is 5.97. The smallest absolute Gasteiger partial charge is 0.337 e. The molecule has 0 spiro atoms. The van der Waals surface area contributed by atoms with Gasteiger partial charge in [-0.3, -0.25) is 15.1 Å². The molecule has 1 aromatic heterocycles. The Morgan fingerprint density at radius 3 is 2.72 bits per heavy atom. The van der Waals surface area contributed by atoms with Crippen LogP contribution < -0.4 is 5.32 Å². The molecular weight excluding hydrogens is 370 g/mol. The largest absolute Gasteiger partial charge is 0.458 e. The molecule has 148 valence electrons. The van der Waals surface area contributed by atoms with Crippen molar-refractivity contribution in [2.45, 2.75) is 19.8 Å². The summed E-state index contributed by atoms with van der Waals surface area (Å²) in [6.45, 7) is 7.32. The van der Waals surface area contributed by atoms with E-state index in [1.54, 1.807) is 31.3 Å². The van der Waals surface area contributed by atoms with Crippen LogP contribution >= 0.6 is 0 Å². The fourth-order valence-electron chi connectivity index (χ4n) is 3.49. The van der Waals surface area contributed by atoms with Gasteiger partial charge in [-0.1, -0.05) is 30.9 Å². The Labute approximate surface area is 168 Å². The number of carbonyl (C=O) groups is 1. The van der Waals surface area contributed by atoms with E-state index in [2.05, 4.69) is 16.9 Å². The molecule has 1 N–H and O–H groups in total. The number of nitro benzene ring substituents is 1. The van der Waals surface area contributed by atoms with Crippen molar-refractivity contribution in [1.29, 1.82) is 0 Å². The number of carbonyl (C=O) groups excluding carboxylic acids is 1. The minimum absolute atomic E-state index is 0.0458. The van der Waals surface area contributed by atoms with E-state index < -0.39 is 16.8 Å². The topological polar surface area (TPSA) is 94.4 Å². The van der Waals surface area contributed by atoms with Crippen LogP contribution in [0.3, 0.4) is 0 Å². The molecule has 0 saturated carbocycles. The molecule has 29 heavy (non-hydrogen) atoms. The SMILES string of the molecule is C=CCOC(=O)C1=C(C)NC(C)=C(c2ccccn2)C1c1cccc([N+](=O)[O-])c1. The first-order valence-corrected chi connectivity index (χ1v) is 9.06. The molecule has 0 saturated heterocycles. The van der Waals surface area contributed by atoms with Gasteiger partial charge >= 0.3 is 5.97 Å². The zero-order valence-electron chi connectivity index (χ0n) is 16.2. The average Bonchev–Trinajstić information content (AvgIpc) is 2.72. The molecule has 1 atom stereocenters. The Morgan fingerprint density at radius 2 is 2.07 bits per heavy atom. The summed E-state index contributed by atoms with van der Waals surface area (Å²) in [5, 5.41) is 14.6. The molecule has 1 aliphatic rings. The number of non-ortho nitro benzene ring substituents is 1. The van der Waals surface area contributed by atoms with Gasteiger partial charge < -0.3 is 10.1 Å². The number of dihydropyridines is 1. The van der Waals surface area contributed by atoms with Crippen molar-refractivity contribution in [2.75, 3.05) is 6.61 Å². The van der Waals surface area contributed by atoms with Crippen molar-refractivity contribution >= 4 is 17.2 Å². The van der Waals surface area contributed by atoms with Crippen LogP contribution in [-0.2, 0) is 9.53 Å². The second kappa shape index (κ2) is 8.52. The third-order valence-corrected chi connectivity index (χ3v) is 4.67. The van der Waals surface area contributed by atoms with E-state index in [0.717, 1.165) is 11.3 Å². The number of benzene rings is 1. The molecule has 7 nitrogen and oxygen atoms in total.